The highest BCUT2D eigenvalue weighted by Gasteiger charge is 2.38. The molecule has 0 aliphatic rings. The average Bonchev–Trinajstić information content (AvgIpc) is 4.04. The molecular weight excluding hydrogens is 785 g/mol. The van der Waals surface area contributed by atoms with Crippen LogP contribution in [0.5, 0.6) is 0 Å². The molecule has 3 unspecified atom stereocenters. The summed E-state index contributed by atoms with van der Waals surface area (Å²) in [6.07, 6.45) is 3.26. The van der Waals surface area contributed by atoms with E-state index in [4.69, 9.17) is 0 Å². The number of nitrogens with one attached hydrogen (secondary N) is 4. The zero-order valence-corrected chi connectivity index (χ0v) is 27.2. The van der Waals surface area contributed by atoms with Gasteiger partial charge in [0.1, 0.15) is 0 Å². The van der Waals surface area contributed by atoms with Gasteiger partial charge in [0.15, 0.2) is 69.8 Å². The molecule has 3 aromatic carbocycles. The zero-order chi connectivity index (χ0) is 40.5. The molecule has 3 atom stereocenters. The second-order valence-electron chi connectivity index (χ2n) is 12.3. The molecule has 7 rings (SSSR count). The topological polar surface area (TPSA) is 63.2 Å². The lowest BCUT2D eigenvalue weighted by molar-refractivity contribution is 0.368. The molecule has 0 saturated carbocycles. The number of aromatic nitrogens is 4. The van der Waals surface area contributed by atoms with Gasteiger partial charge in [-0.1, -0.05) is 0 Å². The van der Waals surface area contributed by atoms with Gasteiger partial charge in [0.2, 0.25) is 17.5 Å². The van der Waals surface area contributed by atoms with Gasteiger partial charge in [0, 0.05) is 63.8 Å². The van der Waals surface area contributed by atoms with Gasteiger partial charge < -0.3 is 19.9 Å². The maximum Gasteiger partial charge on any atom is 0.200 e. The van der Waals surface area contributed by atoms with Crippen LogP contribution >= 0.6 is 0 Å². The van der Waals surface area contributed by atoms with E-state index in [0.29, 0.717) is 0 Å². The molecule has 0 amide bonds. The van der Waals surface area contributed by atoms with E-state index in [1.165, 1.54) is 36.7 Å². The summed E-state index contributed by atoms with van der Waals surface area (Å²) in [5.74, 6) is -41.7. The molecule has 19 heteroatoms. The third-order valence-electron chi connectivity index (χ3n) is 9.19. The van der Waals surface area contributed by atoms with Crippen molar-refractivity contribution in [1.29, 1.82) is 0 Å². The molecule has 0 radical (unpaired) electrons. The van der Waals surface area contributed by atoms with Gasteiger partial charge in [-0.05, 0) is 48.0 Å². The summed E-state index contributed by atoms with van der Waals surface area (Å²) in [5, 5.41) is 0. The zero-order valence-electron chi connectivity index (χ0n) is 27.2. The Morgan fingerprint density at radius 1 is 0.321 bits per heavy atom. The van der Waals surface area contributed by atoms with Crippen molar-refractivity contribution in [2.45, 2.75) is 17.8 Å². The molecule has 0 spiro atoms. The van der Waals surface area contributed by atoms with Crippen LogP contribution in [0.25, 0.3) is 0 Å². The first-order chi connectivity index (χ1) is 26.6. The minimum absolute atomic E-state index is 0.213. The first-order valence-electron chi connectivity index (χ1n) is 15.7. The largest absolute Gasteiger partial charge is 0.364 e. The molecule has 0 saturated heterocycles. The van der Waals surface area contributed by atoms with Crippen molar-refractivity contribution < 1.29 is 65.9 Å². The molecule has 4 heterocycles. The van der Waals surface area contributed by atoms with Gasteiger partial charge in [-0.2, -0.15) is 0 Å². The number of benzene rings is 3. The van der Waals surface area contributed by atoms with Crippen LogP contribution in [0.1, 0.15) is 68.5 Å². The molecule has 0 aliphatic carbocycles. The predicted octanol–water partition coefficient (Wildman–Crippen LogP) is 10.6. The molecule has 56 heavy (non-hydrogen) atoms. The van der Waals surface area contributed by atoms with E-state index in [-0.39, 0.29) is 11.4 Å². The van der Waals surface area contributed by atoms with Crippen LogP contribution in [-0.4, -0.2) is 19.9 Å². The van der Waals surface area contributed by atoms with Crippen molar-refractivity contribution in [3.63, 3.8) is 0 Å². The summed E-state index contributed by atoms with van der Waals surface area (Å²) in [4.78, 5) is 10.1. The van der Waals surface area contributed by atoms with Crippen molar-refractivity contribution >= 4 is 0 Å². The van der Waals surface area contributed by atoms with Gasteiger partial charge in [-0.3, -0.25) is 0 Å². The van der Waals surface area contributed by atoms with Gasteiger partial charge in [0.05, 0.1) is 17.8 Å². The summed E-state index contributed by atoms with van der Waals surface area (Å²) in [5.41, 5.74) is -6.79. The van der Waals surface area contributed by atoms with Gasteiger partial charge in [-0.25, -0.2) is 65.9 Å². The Labute approximate surface area is 302 Å². The summed E-state index contributed by atoms with van der Waals surface area (Å²) in [6, 6.07) is 7.61. The van der Waals surface area contributed by atoms with Crippen molar-refractivity contribution in [3.05, 3.63) is 199 Å². The summed E-state index contributed by atoms with van der Waals surface area (Å²) in [7, 11) is 0. The predicted molar refractivity (Wildman–Crippen MR) is 165 cm³/mol. The third kappa shape index (κ3) is 5.83. The number of hydrogen-bond acceptors (Lipinski definition) is 0. The Morgan fingerprint density at radius 3 is 1.00 bits per heavy atom. The van der Waals surface area contributed by atoms with Crippen LogP contribution in [-0.2, 0) is 0 Å². The second kappa shape index (κ2) is 14.1. The maximum atomic E-state index is 15.6. The smallest absolute Gasteiger partial charge is 0.200 e. The van der Waals surface area contributed by atoms with E-state index in [0.717, 1.165) is 24.4 Å². The highest BCUT2D eigenvalue weighted by Crippen LogP contribution is 2.43. The van der Waals surface area contributed by atoms with Crippen LogP contribution in [0.4, 0.5) is 65.9 Å². The van der Waals surface area contributed by atoms with Crippen molar-refractivity contribution in [3.8, 4) is 0 Å². The number of halogens is 15. The lowest BCUT2D eigenvalue weighted by Crippen LogP contribution is -2.16. The Kier molecular flexibility index (Phi) is 9.57. The molecule has 0 fully saturated rings. The number of H-pyrrole nitrogens is 4. The molecule has 4 aromatic heterocycles. The fourth-order valence-electron chi connectivity index (χ4n) is 6.66. The monoisotopic (exact) mass is 802 g/mol. The molecule has 0 bridgehead atoms. The molecular formula is C37H17F15N4. The number of rotatable bonds is 9. The van der Waals surface area contributed by atoms with Crippen molar-refractivity contribution in [2.24, 2.45) is 0 Å². The lowest BCUT2D eigenvalue weighted by Gasteiger charge is -2.20. The Morgan fingerprint density at radius 2 is 0.643 bits per heavy atom. The summed E-state index contributed by atoms with van der Waals surface area (Å²) < 4.78 is 222. The van der Waals surface area contributed by atoms with Crippen molar-refractivity contribution in [2.75, 3.05) is 0 Å². The highest BCUT2D eigenvalue weighted by molar-refractivity contribution is 5.49. The molecule has 4 nitrogen and oxygen atoms in total. The van der Waals surface area contributed by atoms with Crippen LogP contribution in [0.15, 0.2) is 61.1 Å². The van der Waals surface area contributed by atoms with Crippen LogP contribution < -0.4 is 0 Å². The van der Waals surface area contributed by atoms with E-state index in [2.05, 4.69) is 19.9 Å². The van der Waals surface area contributed by atoms with Gasteiger partial charge >= 0.3 is 0 Å². The lowest BCUT2D eigenvalue weighted by atomic mass is 9.87. The van der Waals surface area contributed by atoms with E-state index in [1.807, 2.05) is 0 Å². The first-order valence-corrected chi connectivity index (χ1v) is 15.7. The SMILES string of the molecule is Fc1c(F)c(F)c(C(c2c[nH]c(C(c3ccc[nH]3)c3c(F)c(F)c(F)c(F)c3F)c2)c2ccc(C(c3ccc[nH]3)c3c(F)c(F)c(F)c(F)c3F)[nH]2)c(F)c1F. The Hall–Kier alpha value is -6.27. The van der Waals surface area contributed by atoms with Gasteiger partial charge in [0.25, 0.3) is 0 Å². The minimum atomic E-state index is -2.57. The Balaban J connectivity index is 1.46. The quantitative estimate of drug-likeness (QED) is 0.0638. The van der Waals surface area contributed by atoms with E-state index >= 15 is 26.3 Å². The van der Waals surface area contributed by atoms with Crippen LogP contribution in [0.3, 0.4) is 0 Å². The maximum absolute atomic E-state index is 15.6. The summed E-state index contributed by atoms with van der Waals surface area (Å²) in [6.45, 7) is 0. The molecule has 0 aliphatic heterocycles. The summed E-state index contributed by atoms with van der Waals surface area (Å²) >= 11 is 0. The van der Waals surface area contributed by atoms with Gasteiger partial charge in [-0.15, -0.1) is 0 Å². The van der Waals surface area contributed by atoms with Crippen LogP contribution in [0.2, 0.25) is 0 Å². The molecule has 290 valence electrons. The standard InChI is InChI=1S/C37H17F15N4/c38-23-20(24(39)30(45)35(50)29(23)44)17(11-9-16(55-10-11)19(13-4-2-8-54-13)22-27(42)33(48)37(52)34(49)28(22)43)14-5-6-15(56-14)18(12-3-1-7-53-12)21-25(40)31(46)36(51)32(47)26(21)41/h1-10,17-19,53-56H. The fourth-order valence-corrected chi connectivity index (χ4v) is 6.66. The third-order valence-corrected chi connectivity index (χ3v) is 9.19. The first kappa shape index (κ1) is 38.0. The number of hydrogen-bond donors (Lipinski definition) is 4. The Bertz CT molecular complexity index is 2390. The highest BCUT2D eigenvalue weighted by atomic mass is 19.2. The normalized spacial score (nSPS) is 13.4. The number of aromatic amines is 4. The second-order valence-corrected chi connectivity index (χ2v) is 12.3. The van der Waals surface area contributed by atoms with Crippen LogP contribution in [0, 0.1) is 87.3 Å². The van der Waals surface area contributed by atoms with Crippen molar-refractivity contribution in [1.82, 2.24) is 19.9 Å². The minimum Gasteiger partial charge on any atom is -0.364 e. The fraction of sp³-hybridized carbons (Fsp3) is 0.0811. The van der Waals surface area contributed by atoms with E-state index in [1.54, 1.807) is 0 Å². The van der Waals surface area contributed by atoms with E-state index in [9.17, 15) is 39.5 Å². The average molecular weight is 803 g/mol. The molecule has 4 N–H and O–H groups in total. The molecule has 7 aromatic rings. The van der Waals surface area contributed by atoms with E-state index < -0.39 is 144 Å².